The van der Waals surface area contributed by atoms with Crippen molar-refractivity contribution >= 4 is 5.91 Å². The molecule has 3 rings (SSSR count). The van der Waals surface area contributed by atoms with Crippen molar-refractivity contribution in [3.05, 3.63) is 23.3 Å². The first-order valence-corrected chi connectivity index (χ1v) is 8.47. The molecular formula is C18H26N2O4. The van der Waals surface area contributed by atoms with Gasteiger partial charge in [0, 0.05) is 26.3 Å². The van der Waals surface area contributed by atoms with Gasteiger partial charge in [0.1, 0.15) is 0 Å². The fourth-order valence-electron chi connectivity index (χ4n) is 3.52. The summed E-state index contributed by atoms with van der Waals surface area (Å²) in [5.74, 6) is 1.52. The van der Waals surface area contributed by atoms with Gasteiger partial charge in [-0.15, -0.1) is 0 Å². The zero-order chi connectivity index (χ0) is 17.2. The van der Waals surface area contributed by atoms with Crippen molar-refractivity contribution in [2.24, 2.45) is 5.73 Å². The van der Waals surface area contributed by atoms with E-state index in [9.17, 15) is 4.79 Å². The van der Waals surface area contributed by atoms with Gasteiger partial charge in [-0.2, -0.15) is 0 Å². The number of hydrogen-bond acceptors (Lipinski definition) is 5. The van der Waals surface area contributed by atoms with E-state index < -0.39 is 5.54 Å². The van der Waals surface area contributed by atoms with E-state index >= 15 is 0 Å². The number of carbonyl (C=O) groups excluding carboxylic acids is 1. The molecule has 1 fully saturated rings. The molecule has 0 spiro atoms. The second-order valence-corrected chi connectivity index (χ2v) is 6.54. The highest BCUT2D eigenvalue weighted by Gasteiger charge is 2.39. The van der Waals surface area contributed by atoms with Crippen LogP contribution in [0.2, 0.25) is 0 Å². The Morgan fingerprint density at radius 2 is 1.58 bits per heavy atom. The molecule has 132 valence electrons. The predicted octanol–water partition coefficient (Wildman–Crippen LogP) is 1.14. The molecule has 0 aromatic heterocycles. The van der Waals surface area contributed by atoms with E-state index in [0.717, 1.165) is 24.3 Å². The molecule has 0 saturated carbocycles. The maximum atomic E-state index is 12.9. The third-order valence-corrected chi connectivity index (χ3v) is 5.11. The molecule has 2 aliphatic heterocycles. The summed E-state index contributed by atoms with van der Waals surface area (Å²) in [6.07, 6.45) is 2.79. The largest absolute Gasteiger partial charge is 0.493 e. The normalized spacial score (nSPS) is 20.0. The maximum absolute atomic E-state index is 12.9. The second kappa shape index (κ2) is 6.99. The molecule has 24 heavy (non-hydrogen) atoms. The van der Waals surface area contributed by atoms with Crippen LogP contribution in [0.3, 0.4) is 0 Å². The molecule has 0 atom stereocenters. The summed E-state index contributed by atoms with van der Waals surface area (Å²) < 4.78 is 16.1. The number of nitrogens with zero attached hydrogens (tertiary/aromatic N) is 1. The Balaban J connectivity index is 1.76. The number of fused-ring (bicyclic) bond motifs is 1. The van der Waals surface area contributed by atoms with Gasteiger partial charge in [0.15, 0.2) is 11.5 Å². The predicted molar refractivity (Wildman–Crippen MR) is 90.5 cm³/mol. The fourth-order valence-corrected chi connectivity index (χ4v) is 3.52. The molecule has 1 aromatic rings. The topological polar surface area (TPSA) is 74.0 Å². The molecule has 2 N–H and O–H groups in total. The first-order valence-electron chi connectivity index (χ1n) is 8.47. The van der Waals surface area contributed by atoms with E-state index in [1.807, 2.05) is 17.0 Å². The third-order valence-electron chi connectivity index (χ3n) is 5.11. The standard InChI is InChI=1S/C18H26N2O4/c1-22-15-11-13-3-7-20(8-4-14(13)12-16(15)23-2)17(21)18(19)5-9-24-10-6-18/h11-12H,3-10,19H2,1-2H3. The highest BCUT2D eigenvalue weighted by Crippen LogP contribution is 2.32. The Morgan fingerprint density at radius 1 is 1.08 bits per heavy atom. The molecule has 6 nitrogen and oxygen atoms in total. The number of amides is 1. The number of rotatable bonds is 3. The van der Waals surface area contributed by atoms with E-state index in [0.29, 0.717) is 39.1 Å². The molecule has 0 bridgehead atoms. The minimum atomic E-state index is -0.774. The number of carbonyl (C=O) groups is 1. The quantitative estimate of drug-likeness (QED) is 0.897. The van der Waals surface area contributed by atoms with Gasteiger partial charge in [-0.25, -0.2) is 0 Å². The molecule has 0 aliphatic carbocycles. The Morgan fingerprint density at radius 3 is 2.04 bits per heavy atom. The zero-order valence-electron chi connectivity index (χ0n) is 14.5. The van der Waals surface area contributed by atoms with Gasteiger partial charge >= 0.3 is 0 Å². The van der Waals surface area contributed by atoms with Crippen molar-refractivity contribution in [1.82, 2.24) is 4.90 Å². The lowest BCUT2D eigenvalue weighted by Crippen LogP contribution is -2.58. The van der Waals surface area contributed by atoms with Crippen LogP contribution in [0.25, 0.3) is 0 Å². The summed E-state index contributed by atoms with van der Waals surface area (Å²) in [4.78, 5) is 14.8. The maximum Gasteiger partial charge on any atom is 0.242 e. The summed E-state index contributed by atoms with van der Waals surface area (Å²) in [5.41, 5.74) is 8.01. The van der Waals surface area contributed by atoms with Gasteiger partial charge < -0.3 is 24.8 Å². The number of hydrogen-bond donors (Lipinski definition) is 1. The average Bonchev–Trinajstić information content (AvgIpc) is 2.82. The van der Waals surface area contributed by atoms with E-state index in [1.165, 1.54) is 11.1 Å². The van der Waals surface area contributed by atoms with Crippen molar-refractivity contribution in [3.8, 4) is 11.5 Å². The molecule has 2 aliphatic rings. The van der Waals surface area contributed by atoms with Gasteiger partial charge in [-0.3, -0.25) is 4.79 Å². The molecule has 1 saturated heterocycles. The van der Waals surface area contributed by atoms with Crippen molar-refractivity contribution in [2.75, 3.05) is 40.5 Å². The zero-order valence-corrected chi connectivity index (χ0v) is 14.5. The lowest BCUT2D eigenvalue weighted by atomic mass is 9.89. The number of benzene rings is 1. The average molecular weight is 334 g/mol. The molecule has 0 radical (unpaired) electrons. The highest BCUT2D eigenvalue weighted by atomic mass is 16.5. The van der Waals surface area contributed by atoms with Crippen molar-refractivity contribution < 1.29 is 19.0 Å². The summed E-state index contributed by atoms with van der Waals surface area (Å²) in [6, 6.07) is 4.05. The van der Waals surface area contributed by atoms with Crippen molar-refractivity contribution in [3.63, 3.8) is 0 Å². The second-order valence-electron chi connectivity index (χ2n) is 6.54. The molecule has 1 aromatic carbocycles. The van der Waals surface area contributed by atoms with Crippen LogP contribution < -0.4 is 15.2 Å². The summed E-state index contributed by atoms with van der Waals surface area (Å²) >= 11 is 0. The SMILES string of the molecule is COc1cc2c(cc1OC)CCN(C(=O)C1(N)CCOCC1)CC2. The van der Waals surface area contributed by atoms with Crippen LogP contribution in [0.15, 0.2) is 12.1 Å². The van der Waals surface area contributed by atoms with Gasteiger partial charge in [0.2, 0.25) is 5.91 Å². The van der Waals surface area contributed by atoms with Crippen LogP contribution in [0.5, 0.6) is 11.5 Å². The van der Waals surface area contributed by atoms with Crippen molar-refractivity contribution in [1.29, 1.82) is 0 Å². The van der Waals surface area contributed by atoms with E-state index in [-0.39, 0.29) is 5.91 Å². The Hall–Kier alpha value is -1.79. The number of nitrogens with two attached hydrogens (primary N) is 1. The number of methoxy groups -OCH3 is 2. The minimum Gasteiger partial charge on any atom is -0.493 e. The Labute approximate surface area is 142 Å². The van der Waals surface area contributed by atoms with Gasteiger partial charge in [0.05, 0.1) is 19.8 Å². The molecule has 6 heteroatoms. The van der Waals surface area contributed by atoms with Crippen LogP contribution in [0.4, 0.5) is 0 Å². The van der Waals surface area contributed by atoms with Gasteiger partial charge in [0.25, 0.3) is 0 Å². The first kappa shape index (κ1) is 17.0. The Bertz CT molecular complexity index is 576. The van der Waals surface area contributed by atoms with Gasteiger partial charge in [-0.1, -0.05) is 0 Å². The van der Waals surface area contributed by atoms with E-state index in [4.69, 9.17) is 19.9 Å². The minimum absolute atomic E-state index is 0.0533. The van der Waals surface area contributed by atoms with Crippen LogP contribution in [-0.2, 0) is 22.4 Å². The monoisotopic (exact) mass is 334 g/mol. The van der Waals surface area contributed by atoms with E-state index in [1.54, 1.807) is 14.2 Å². The van der Waals surface area contributed by atoms with Crippen LogP contribution in [-0.4, -0.2) is 56.9 Å². The summed E-state index contributed by atoms with van der Waals surface area (Å²) in [6.45, 7) is 2.48. The van der Waals surface area contributed by atoms with Crippen LogP contribution in [0.1, 0.15) is 24.0 Å². The fraction of sp³-hybridized carbons (Fsp3) is 0.611. The van der Waals surface area contributed by atoms with Gasteiger partial charge in [-0.05, 0) is 48.9 Å². The number of ether oxygens (including phenoxy) is 3. The molecule has 2 heterocycles. The summed E-state index contributed by atoms with van der Waals surface area (Å²) in [7, 11) is 3.28. The third kappa shape index (κ3) is 3.21. The van der Waals surface area contributed by atoms with Crippen LogP contribution in [0, 0.1) is 0 Å². The first-order chi connectivity index (χ1) is 11.6. The smallest absolute Gasteiger partial charge is 0.242 e. The summed E-state index contributed by atoms with van der Waals surface area (Å²) in [5, 5.41) is 0. The molecular weight excluding hydrogens is 308 g/mol. The lowest BCUT2D eigenvalue weighted by Gasteiger charge is -2.36. The molecule has 1 amide bonds. The Kier molecular flexibility index (Phi) is 4.96. The van der Waals surface area contributed by atoms with E-state index in [2.05, 4.69) is 0 Å². The lowest BCUT2D eigenvalue weighted by molar-refractivity contribution is -0.140. The van der Waals surface area contributed by atoms with Crippen molar-refractivity contribution in [2.45, 2.75) is 31.2 Å². The van der Waals surface area contributed by atoms with Crippen LogP contribution >= 0.6 is 0 Å². The molecule has 0 unspecified atom stereocenters. The highest BCUT2D eigenvalue weighted by molar-refractivity contribution is 5.86.